The van der Waals surface area contributed by atoms with E-state index < -0.39 is 0 Å². The molecule has 0 saturated carbocycles. The van der Waals surface area contributed by atoms with E-state index in [0.717, 1.165) is 0 Å². The van der Waals surface area contributed by atoms with Crippen LogP contribution in [0.15, 0.2) is 36.8 Å². The maximum Gasteiger partial charge on any atom is 0.263 e. The number of nitrogens with zero attached hydrogens (tertiary/aromatic N) is 4. The Kier molecular flexibility index (Phi) is 3.31. The van der Waals surface area contributed by atoms with Gasteiger partial charge in [-0.25, -0.2) is 9.97 Å². The van der Waals surface area contributed by atoms with Gasteiger partial charge in [0, 0.05) is 13.2 Å². The number of anilines is 3. The van der Waals surface area contributed by atoms with Crippen molar-refractivity contribution in [1.29, 1.82) is 0 Å². The number of carbonyl (C=O) groups excluding carboxylic acids is 2. The molecule has 3 rings (SSSR count). The molecule has 2 amide bonds. The van der Waals surface area contributed by atoms with Crippen molar-refractivity contribution >= 4 is 40.6 Å². The summed E-state index contributed by atoms with van der Waals surface area (Å²) in [4.78, 5) is 35.6. The molecule has 2 heterocycles. The Morgan fingerprint density at radius 1 is 1.29 bits per heavy atom. The Morgan fingerprint density at radius 3 is 2.71 bits per heavy atom. The zero-order valence-electron chi connectivity index (χ0n) is 11.2. The second-order valence-electron chi connectivity index (χ2n) is 4.48. The molecule has 0 N–H and O–H groups in total. The van der Waals surface area contributed by atoms with Gasteiger partial charge < -0.3 is 4.90 Å². The van der Waals surface area contributed by atoms with Crippen LogP contribution >= 0.6 is 11.6 Å². The highest BCUT2D eigenvalue weighted by atomic mass is 35.5. The predicted octanol–water partition coefficient (Wildman–Crippen LogP) is 1.97. The summed E-state index contributed by atoms with van der Waals surface area (Å²) in [5, 5.41) is 0. The monoisotopic (exact) mass is 302 g/mol. The molecule has 1 aliphatic rings. The van der Waals surface area contributed by atoms with Gasteiger partial charge in [0.05, 0.1) is 11.4 Å². The molecule has 0 bridgehead atoms. The fraction of sp³-hybridized carbons (Fsp3) is 0.143. The lowest BCUT2D eigenvalue weighted by atomic mass is 10.2. The second kappa shape index (κ2) is 5.14. The zero-order chi connectivity index (χ0) is 15.0. The van der Waals surface area contributed by atoms with Crippen LogP contribution in [0, 0.1) is 0 Å². The number of rotatable bonds is 1. The summed E-state index contributed by atoms with van der Waals surface area (Å²) in [5.74, 6) is -0.595. The van der Waals surface area contributed by atoms with Crippen molar-refractivity contribution < 1.29 is 9.59 Å². The molecular weight excluding hydrogens is 292 g/mol. The minimum Gasteiger partial charge on any atom is -0.309 e. The predicted molar refractivity (Wildman–Crippen MR) is 79.1 cm³/mol. The largest absolute Gasteiger partial charge is 0.309 e. The SMILES string of the molecule is CN1C(=O)c2cncnc2N(C(=O)CCl)c2ccccc21. The van der Waals surface area contributed by atoms with Crippen LogP contribution in [0.5, 0.6) is 0 Å². The number of hydrogen-bond acceptors (Lipinski definition) is 4. The molecule has 0 saturated heterocycles. The number of halogens is 1. The minimum atomic E-state index is -0.354. The fourth-order valence-corrected chi connectivity index (χ4v) is 2.43. The van der Waals surface area contributed by atoms with E-state index in [0.29, 0.717) is 11.4 Å². The molecule has 0 fully saturated rings. The van der Waals surface area contributed by atoms with Crippen LogP contribution in [0.4, 0.5) is 17.2 Å². The molecule has 0 spiro atoms. The Bertz CT molecular complexity index is 734. The maximum atomic E-state index is 12.5. The lowest BCUT2D eigenvalue weighted by Gasteiger charge is -2.22. The van der Waals surface area contributed by atoms with Crippen LogP contribution in [0.25, 0.3) is 0 Å². The molecule has 0 atom stereocenters. The summed E-state index contributed by atoms with van der Waals surface area (Å²) in [6.45, 7) is 0. The number of amides is 2. The number of aromatic nitrogens is 2. The highest BCUT2D eigenvalue weighted by Gasteiger charge is 2.32. The molecule has 6 nitrogen and oxygen atoms in total. The number of alkyl halides is 1. The number of para-hydroxylation sites is 2. The molecule has 1 aromatic heterocycles. The zero-order valence-corrected chi connectivity index (χ0v) is 11.9. The highest BCUT2D eigenvalue weighted by molar-refractivity contribution is 6.31. The molecule has 2 aromatic rings. The summed E-state index contributed by atoms with van der Waals surface area (Å²) >= 11 is 5.71. The van der Waals surface area contributed by atoms with Crippen LogP contribution in [-0.4, -0.2) is 34.7 Å². The molecule has 0 radical (unpaired) electrons. The third-order valence-electron chi connectivity index (χ3n) is 3.29. The first kappa shape index (κ1) is 13.5. The third-order valence-corrected chi connectivity index (χ3v) is 3.51. The second-order valence-corrected chi connectivity index (χ2v) is 4.74. The lowest BCUT2D eigenvalue weighted by molar-refractivity contribution is -0.115. The van der Waals surface area contributed by atoms with Crippen molar-refractivity contribution in [1.82, 2.24) is 9.97 Å². The van der Waals surface area contributed by atoms with E-state index in [9.17, 15) is 9.59 Å². The molecule has 0 aliphatic carbocycles. The molecule has 7 heteroatoms. The van der Waals surface area contributed by atoms with Gasteiger partial charge in [-0.2, -0.15) is 0 Å². The van der Waals surface area contributed by atoms with Gasteiger partial charge in [-0.15, -0.1) is 11.6 Å². The topological polar surface area (TPSA) is 66.4 Å². The van der Waals surface area contributed by atoms with Crippen LogP contribution < -0.4 is 9.80 Å². The first-order valence-electron chi connectivity index (χ1n) is 6.21. The van der Waals surface area contributed by atoms with E-state index in [1.165, 1.54) is 22.3 Å². The van der Waals surface area contributed by atoms with Gasteiger partial charge in [0.25, 0.3) is 5.91 Å². The van der Waals surface area contributed by atoms with Crippen molar-refractivity contribution in [2.45, 2.75) is 0 Å². The Labute approximate surface area is 126 Å². The van der Waals surface area contributed by atoms with Crippen LogP contribution in [0.3, 0.4) is 0 Å². The molecular formula is C14H11ClN4O2. The van der Waals surface area contributed by atoms with E-state index in [1.54, 1.807) is 31.3 Å². The fourth-order valence-electron chi connectivity index (χ4n) is 2.31. The smallest absolute Gasteiger partial charge is 0.263 e. The van der Waals surface area contributed by atoms with E-state index >= 15 is 0 Å². The molecule has 106 valence electrons. The highest BCUT2D eigenvalue weighted by Crippen LogP contribution is 2.38. The lowest BCUT2D eigenvalue weighted by Crippen LogP contribution is -2.28. The summed E-state index contributed by atoms with van der Waals surface area (Å²) in [7, 11) is 1.65. The molecule has 1 aromatic carbocycles. The van der Waals surface area contributed by atoms with Gasteiger partial charge in [-0.1, -0.05) is 12.1 Å². The normalized spacial score (nSPS) is 13.5. The van der Waals surface area contributed by atoms with Gasteiger partial charge in [0.15, 0.2) is 5.82 Å². The average molecular weight is 303 g/mol. The Morgan fingerprint density at radius 2 is 2.00 bits per heavy atom. The van der Waals surface area contributed by atoms with Crippen LogP contribution in [0.2, 0.25) is 0 Å². The average Bonchev–Trinajstić information content (AvgIpc) is 2.62. The first-order chi connectivity index (χ1) is 10.1. The first-order valence-corrected chi connectivity index (χ1v) is 6.74. The van der Waals surface area contributed by atoms with Gasteiger partial charge in [-0.3, -0.25) is 14.5 Å². The van der Waals surface area contributed by atoms with E-state index in [-0.39, 0.29) is 29.1 Å². The minimum absolute atomic E-state index is 0.213. The van der Waals surface area contributed by atoms with Gasteiger partial charge in [0.1, 0.15) is 17.8 Å². The quantitative estimate of drug-likeness (QED) is 0.755. The van der Waals surface area contributed by atoms with E-state index in [4.69, 9.17) is 11.6 Å². The van der Waals surface area contributed by atoms with Gasteiger partial charge >= 0.3 is 0 Å². The number of benzene rings is 1. The van der Waals surface area contributed by atoms with E-state index in [1.807, 2.05) is 0 Å². The third kappa shape index (κ3) is 2.04. The Hall–Kier alpha value is -2.47. The van der Waals surface area contributed by atoms with Crippen molar-refractivity contribution in [2.24, 2.45) is 0 Å². The van der Waals surface area contributed by atoms with Crippen molar-refractivity contribution in [3.05, 3.63) is 42.4 Å². The van der Waals surface area contributed by atoms with Crippen molar-refractivity contribution in [3.63, 3.8) is 0 Å². The summed E-state index contributed by atoms with van der Waals surface area (Å²) < 4.78 is 0. The number of fused-ring (bicyclic) bond motifs is 2. The Balaban J connectivity index is 2.34. The van der Waals surface area contributed by atoms with Gasteiger partial charge in [-0.05, 0) is 12.1 Å². The standard InChI is InChI=1S/C14H11ClN4O2/c1-18-10-4-2-3-5-11(10)19(12(20)6-15)13-9(14(18)21)7-16-8-17-13/h2-5,7-8H,6H2,1H3. The molecule has 0 unspecified atom stereocenters. The summed E-state index contributed by atoms with van der Waals surface area (Å²) in [6.07, 6.45) is 2.70. The summed E-state index contributed by atoms with van der Waals surface area (Å²) in [6, 6.07) is 7.10. The number of hydrogen-bond donors (Lipinski definition) is 0. The van der Waals surface area contributed by atoms with Crippen molar-refractivity contribution in [2.75, 3.05) is 22.7 Å². The summed E-state index contributed by atoms with van der Waals surface area (Å²) in [5.41, 5.74) is 1.44. The van der Waals surface area contributed by atoms with E-state index in [2.05, 4.69) is 9.97 Å². The molecule has 21 heavy (non-hydrogen) atoms. The van der Waals surface area contributed by atoms with Crippen LogP contribution in [-0.2, 0) is 4.79 Å². The number of carbonyl (C=O) groups is 2. The van der Waals surface area contributed by atoms with Crippen LogP contribution in [0.1, 0.15) is 10.4 Å². The van der Waals surface area contributed by atoms with Crippen molar-refractivity contribution in [3.8, 4) is 0 Å². The molecule has 1 aliphatic heterocycles. The van der Waals surface area contributed by atoms with Gasteiger partial charge in [0.2, 0.25) is 5.91 Å². The maximum absolute atomic E-state index is 12.5.